The molecule has 2 heterocycles. The molecule has 0 saturated carbocycles. The van der Waals surface area contributed by atoms with Gasteiger partial charge in [-0.1, -0.05) is 72.9 Å². The molecule has 0 amide bonds. The number of allylic oxidation sites excluding steroid dienone is 8. The SMILES string of the molecule is CC(C)CCC1=CC(=CC2=C([O-])C(=Cc3cc(CCC(C)C)[s+]c(CC(C)C)c3)C2=O)C=C(CC(C)C)S1. The molecular formula is C34H46O2S2. The van der Waals surface area contributed by atoms with E-state index >= 15 is 0 Å². The van der Waals surface area contributed by atoms with Gasteiger partial charge in [0.1, 0.15) is 0 Å². The summed E-state index contributed by atoms with van der Waals surface area (Å²) in [4.78, 5) is 18.5. The molecule has 0 bridgehead atoms. The normalized spacial score (nSPS) is 18.4. The van der Waals surface area contributed by atoms with Gasteiger partial charge in [0, 0.05) is 36.1 Å². The molecule has 0 saturated heterocycles. The summed E-state index contributed by atoms with van der Waals surface area (Å²) in [7, 11) is 0. The Morgan fingerprint density at radius 2 is 1.39 bits per heavy atom. The van der Waals surface area contributed by atoms with E-state index in [9.17, 15) is 9.90 Å². The number of carbonyl (C=O) groups excluding carboxylic acids is 1. The second-order valence-electron chi connectivity index (χ2n) is 12.5. The molecule has 1 aromatic rings. The molecule has 4 heteroatoms. The lowest BCUT2D eigenvalue weighted by Crippen LogP contribution is -2.29. The summed E-state index contributed by atoms with van der Waals surface area (Å²) in [6.45, 7) is 17.9. The highest BCUT2D eigenvalue weighted by atomic mass is 32.2. The number of thioether (sulfide) groups is 1. The molecule has 0 atom stereocenters. The lowest BCUT2D eigenvalue weighted by atomic mass is 9.85. The van der Waals surface area contributed by atoms with E-state index in [1.165, 1.54) is 19.6 Å². The minimum absolute atomic E-state index is 0.127. The zero-order valence-electron chi connectivity index (χ0n) is 24.6. The Morgan fingerprint density at radius 3 is 2.00 bits per heavy atom. The number of aryl methyl sites for hydroxylation is 1. The molecule has 0 N–H and O–H groups in total. The molecule has 2 nitrogen and oxygen atoms in total. The van der Waals surface area contributed by atoms with Crippen LogP contribution >= 0.6 is 23.1 Å². The molecule has 1 aliphatic carbocycles. The molecule has 206 valence electrons. The van der Waals surface area contributed by atoms with Crippen LogP contribution in [0.3, 0.4) is 0 Å². The quantitative estimate of drug-likeness (QED) is 0.192. The van der Waals surface area contributed by atoms with Gasteiger partial charge in [-0.15, -0.1) is 0 Å². The van der Waals surface area contributed by atoms with E-state index in [1.807, 2.05) is 35.3 Å². The number of hydrogen-bond acceptors (Lipinski definition) is 3. The van der Waals surface area contributed by atoms with Crippen LogP contribution in [0.5, 0.6) is 0 Å². The Balaban J connectivity index is 1.91. The van der Waals surface area contributed by atoms with Gasteiger partial charge in [-0.2, -0.15) is 0 Å². The average molecular weight is 551 g/mol. The van der Waals surface area contributed by atoms with E-state index < -0.39 is 0 Å². The zero-order valence-corrected chi connectivity index (χ0v) is 26.3. The van der Waals surface area contributed by atoms with Gasteiger partial charge in [0.25, 0.3) is 0 Å². The van der Waals surface area contributed by atoms with Gasteiger partial charge in [-0.25, -0.2) is 0 Å². The summed E-state index contributed by atoms with van der Waals surface area (Å²) in [5.74, 6) is 2.16. The predicted octanol–water partition coefficient (Wildman–Crippen LogP) is 9.32. The second kappa shape index (κ2) is 13.9. The van der Waals surface area contributed by atoms with Gasteiger partial charge in [0.15, 0.2) is 5.78 Å². The fourth-order valence-corrected chi connectivity index (χ4v) is 7.32. The fraction of sp³-hybridized carbons (Fsp3) is 0.529. The summed E-state index contributed by atoms with van der Waals surface area (Å²) < 4.78 is 0. The number of hydrogen-bond donors (Lipinski definition) is 0. The van der Waals surface area contributed by atoms with Crippen LogP contribution in [0, 0.1) is 23.7 Å². The maximum Gasteiger partial charge on any atom is 0.218 e. The van der Waals surface area contributed by atoms with Gasteiger partial charge < -0.3 is 5.11 Å². The largest absolute Gasteiger partial charge is 0.871 e. The van der Waals surface area contributed by atoms with Crippen LogP contribution in [0.1, 0.15) is 96.4 Å². The lowest BCUT2D eigenvalue weighted by molar-refractivity contribution is -0.300. The molecule has 1 aliphatic heterocycles. The molecule has 38 heavy (non-hydrogen) atoms. The highest BCUT2D eigenvalue weighted by Crippen LogP contribution is 2.40. The molecule has 3 rings (SSSR count). The van der Waals surface area contributed by atoms with Crippen molar-refractivity contribution < 1.29 is 9.90 Å². The van der Waals surface area contributed by atoms with E-state index in [-0.39, 0.29) is 11.5 Å². The molecule has 0 spiro atoms. The fourth-order valence-electron chi connectivity index (χ4n) is 4.59. The molecule has 0 unspecified atom stereocenters. The Labute approximate surface area is 239 Å². The van der Waals surface area contributed by atoms with Crippen LogP contribution in [-0.2, 0) is 17.6 Å². The maximum atomic E-state index is 13.2. The van der Waals surface area contributed by atoms with Crippen molar-refractivity contribution in [1.82, 2.24) is 0 Å². The molecule has 0 aromatic carbocycles. The number of ketones is 1. The van der Waals surface area contributed by atoms with Crippen LogP contribution in [0.2, 0.25) is 0 Å². The van der Waals surface area contributed by atoms with Gasteiger partial charge in [0.05, 0.1) is 0 Å². The van der Waals surface area contributed by atoms with Crippen LogP contribution < -0.4 is 5.11 Å². The van der Waals surface area contributed by atoms with Gasteiger partial charge in [-0.3, -0.25) is 4.79 Å². The van der Waals surface area contributed by atoms with Crippen molar-refractivity contribution in [2.45, 2.75) is 93.9 Å². The number of rotatable bonds is 12. The van der Waals surface area contributed by atoms with Crippen LogP contribution in [0.15, 0.2) is 62.6 Å². The van der Waals surface area contributed by atoms with Crippen molar-refractivity contribution >= 4 is 35.0 Å². The van der Waals surface area contributed by atoms with Gasteiger partial charge >= 0.3 is 0 Å². The van der Waals surface area contributed by atoms with E-state index in [1.54, 1.807) is 0 Å². The summed E-state index contributed by atoms with van der Waals surface area (Å²) in [5.41, 5.74) is 2.59. The molecule has 0 radical (unpaired) electrons. The second-order valence-corrected chi connectivity index (χ2v) is 15.0. The number of Topliss-reactive ketones (excluding diaryl/α,β-unsaturated/α-hetero) is 1. The molecular weight excluding hydrogens is 505 g/mol. The van der Waals surface area contributed by atoms with Gasteiger partial charge in [0.2, 0.25) is 21.1 Å². The summed E-state index contributed by atoms with van der Waals surface area (Å²) in [6, 6.07) is 4.33. The van der Waals surface area contributed by atoms with Crippen molar-refractivity contribution in [3.05, 3.63) is 78.0 Å². The van der Waals surface area contributed by atoms with E-state index in [2.05, 4.69) is 79.7 Å². The van der Waals surface area contributed by atoms with Gasteiger partial charge in [-0.05, 0) is 94.6 Å². The zero-order chi connectivity index (χ0) is 28.0. The number of carbonyl (C=O) groups is 1. The molecule has 1 aromatic heterocycles. The van der Waals surface area contributed by atoms with Crippen molar-refractivity contribution in [3.8, 4) is 0 Å². The smallest absolute Gasteiger partial charge is 0.218 e. The maximum absolute atomic E-state index is 13.2. The minimum Gasteiger partial charge on any atom is -0.871 e. The van der Waals surface area contributed by atoms with Crippen molar-refractivity contribution in [2.24, 2.45) is 23.7 Å². The Hall–Kier alpha value is -1.91. The van der Waals surface area contributed by atoms with E-state index in [4.69, 9.17) is 0 Å². The van der Waals surface area contributed by atoms with Crippen LogP contribution in [0.25, 0.3) is 6.08 Å². The van der Waals surface area contributed by atoms with Crippen molar-refractivity contribution in [1.29, 1.82) is 0 Å². The summed E-state index contributed by atoms with van der Waals surface area (Å²) >= 11 is 3.73. The average Bonchev–Trinajstić information content (AvgIpc) is 2.82. The summed E-state index contributed by atoms with van der Waals surface area (Å²) in [6.07, 6.45) is 14.3. The third-order valence-corrected chi connectivity index (χ3v) is 8.85. The third kappa shape index (κ3) is 9.09. The third-order valence-electron chi connectivity index (χ3n) is 6.59. The van der Waals surface area contributed by atoms with Crippen molar-refractivity contribution in [2.75, 3.05) is 0 Å². The molecule has 0 fully saturated rings. The predicted molar refractivity (Wildman–Crippen MR) is 166 cm³/mol. The first kappa shape index (κ1) is 30.6. The Bertz CT molecular complexity index is 1170. The first-order chi connectivity index (χ1) is 17.9. The first-order valence-corrected chi connectivity index (χ1v) is 16.0. The lowest BCUT2D eigenvalue weighted by Gasteiger charge is -2.29. The minimum atomic E-state index is -0.127. The monoisotopic (exact) mass is 550 g/mol. The highest BCUT2D eigenvalue weighted by molar-refractivity contribution is 8.06. The standard InChI is InChI=1S/C34H46O2S2/c1-21(2)9-11-27-15-25(17-29(37-27)13-23(5)6)19-31-33(35)32(34(31)36)20-26-16-28(12-10-22(3)4)38-30(18-26)14-24(7)8/h15-24H,9-14H2,1-8H3. The van der Waals surface area contributed by atoms with Crippen molar-refractivity contribution in [3.63, 3.8) is 0 Å². The van der Waals surface area contributed by atoms with E-state index in [0.717, 1.165) is 49.7 Å². The highest BCUT2D eigenvalue weighted by Gasteiger charge is 2.27. The summed E-state index contributed by atoms with van der Waals surface area (Å²) in [5, 5.41) is 13.2. The topological polar surface area (TPSA) is 40.1 Å². The first-order valence-electron chi connectivity index (χ1n) is 14.4. The van der Waals surface area contributed by atoms with E-state index in [0.29, 0.717) is 34.8 Å². The van der Waals surface area contributed by atoms with Crippen LogP contribution in [-0.4, -0.2) is 5.78 Å². The Kier molecular flexibility index (Phi) is 11.2. The van der Waals surface area contributed by atoms with Crippen LogP contribution in [0.4, 0.5) is 0 Å². The molecule has 2 aliphatic rings. The Morgan fingerprint density at radius 1 is 0.789 bits per heavy atom.